The van der Waals surface area contributed by atoms with E-state index < -0.39 is 30.1 Å². The SMILES string of the molecule is FC(F)(F)c1ccc(Cl)cc1COc1cccc(-c2c(-c3ccccc3)cnc3c(C(F)(F)F)cccc23)c1. The van der Waals surface area contributed by atoms with Crippen molar-refractivity contribution in [3.05, 3.63) is 119 Å². The van der Waals surface area contributed by atoms with Crippen LogP contribution in [0, 0.1) is 0 Å². The summed E-state index contributed by atoms with van der Waals surface area (Å²) in [5.41, 5.74) is 0.243. The molecule has 0 N–H and O–H groups in total. The van der Waals surface area contributed by atoms with Gasteiger partial charge in [0.15, 0.2) is 0 Å². The van der Waals surface area contributed by atoms with Crippen LogP contribution < -0.4 is 4.74 Å². The molecule has 0 fully saturated rings. The molecule has 0 saturated heterocycles. The number of halogens is 7. The molecule has 0 radical (unpaired) electrons. The van der Waals surface area contributed by atoms with E-state index in [9.17, 15) is 26.3 Å². The number of aromatic nitrogens is 1. The maximum Gasteiger partial charge on any atom is 0.418 e. The summed E-state index contributed by atoms with van der Waals surface area (Å²) in [4.78, 5) is 4.18. The predicted octanol–water partition coefficient (Wildman–Crippen LogP) is 9.84. The molecule has 0 unspecified atom stereocenters. The topological polar surface area (TPSA) is 22.1 Å². The molecule has 5 aromatic rings. The van der Waals surface area contributed by atoms with Crippen LogP contribution in [0.2, 0.25) is 5.02 Å². The first-order valence-corrected chi connectivity index (χ1v) is 12.0. The molecule has 0 atom stereocenters. The molecule has 0 spiro atoms. The van der Waals surface area contributed by atoms with Gasteiger partial charge < -0.3 is 4.74 Å². The Morgan fingerprint density at radius 2 is 1.38 bits per heavy atom. The van der Waals surface area contributed by atoms with E-state index in [0.717, 1.165) is 23.8 Å². The number of para-hydroxylation sites is 1. The molecular weight excluding hydrogens is 540 g/mol. The smallest absolute Gasteiger partial charge is 0.418 e. The fourth-order valence-electron chi connectivity index (χ4n) is 4.46. The van der Waals surface area contributed by atoms with Gasteiger partial charge in [-0.1, -0.05) is 66.2 Å². The number of hydrogen-bond donors (Lipinski definition) is 0. The summed E-state index contributed by atoms with van der Waals surface area (Å²) < 4.78 is 87.5. The average Bonchev–Trinajstić information content (AvgIpc) is 2.90. The third-order valence-corrected chi connectivity index (χ3v) is 6.41. The van der Waals surface area contributed by atoms with Gasteiger partial charge in [0.2, 0.25) is 0 Å². The monoisotopic (exact) mass is 557 g/mol. The quantitative estimate of drug-likeness (QED) is 0.201. The molecule has 0 saturated carbocycles. The Labute approximate surface area is 224 Å². The summed E-state index contributed by atoms with van der Waals surface area (Å²) in [6.07, 6.45) is -7.81. The molecule has 0 aliphatic heterocycles. The summed E-state index contributed by atoms with van der Waals surface area (Å²) in [5, 5.41) is 0.407. The summed E-state index contributed by atoms with van der Waals surface area (Å²) in [6, 6.07) is 22.6. The largest absolute Gasteiger partial charge is 0.489 e. The number of benzene rings is 4. The zero-order chi connectivity index (χ0) is 27.8. The third kappa shape index (κ3) is 5.56. The normalized spacial score (nSPS) is 12.1. The van der Waals surface area contributed by atoms with E-state index in [1.165, 1.54) is 18.3 Å². The Morgan fingerprint density at radius 3 is 2.10 bits per heavy atom. The van der Waals surface area contributed by atoms with Crippen molar-refractivity contribution in [3.63, 3.8) is 0 Å². The molecule has 0 aliphatic carbocycles. The van der Waals surface area contributed by atoms with E-state index in [4.69, 9.17) is 16.3 Å². The van der Waals surface area contributed by atoms with Crippen LogP contribution in [0.15, 0.2) is 97.2 Å². The van der Waals surface area contributed by atoms with Crippen LogP contribution in [0.25, 0.3) is 33.2 Å². The van der Waals surface area contributed by atoms with Crippen molar-refractivity contribution < 1.29 is 31.1 Å². The second-order valence-corrected chi connectivity index (χ2v) is 9.16. The molecule has 9 heteroatoms. The molecule has 198 valence electrons. The molecule has 1 aromatic heterocycles. The fraction of sp³-hybridized carbons (Fsp3) is 0.100. The minimum absolute atomic E-state index is 0.131. The molecule has 0 amide bonds. The summed E-state index contributed by atoms with van der Waals surface area (Å²) >= 11 is 5.92. The van der Waals surface area contributed by atoms with Gasteiger partial charge in [-0.3, -0.25) is 4.98 Å². The Morgan fingerprint density at radius 1 is 0.692 bits per heavy atom. The van der Waals surface area contributed by atoms with E-state index in [2.05, 4.69) is 4.98 Å². The van der Waals surface area contributed by atoms with Crippen molar-refractivity contribution in [1.29, 1.82) is 0 Å². The van der Waals surface area contributed by atoms with Crippen LogP contribution >= 0.6 is 11.6 Å². The maximum absolute atomic E-state index is 13.8. The van der Waals surface area contributed by atoms with E-state index in [1.807, 2.05) is 18.2 Å². The van der Waals surface area contributed by atoms with Crippen LogP contribution in [-0.4, -0.2) is 4.98 Å². The summed E-state index contributed by atoms with van der Waals surface area (Å²) in [7, 11) is 0. The highest BCUT2D eigenvalue weighted by Gasteiger charge is 2.34. The Bertz CT molecular complexity index is 1650. The summed E-state index contributed by atoms with van der Waals surface area (Å²) in [5.74, 6) is 0.233. The molecule has 5 rings (SSSR count). The lowest BCUT2D eigenvalue weighted by molar-refractivity contribution is -0.138. The van der Waals surface area contributed by atoms with E-state index in [-0.39, 0.29) is 27.2 Å². The van der Waals surface area contributed by atoms with Crippen molar-refractivity contribution in [2.75, 3.05) is 0 Å². The molecule has 0 bridgehead atoms. The predicted molar refractivity (Wildman–Crippen MR) is 138 cm³/mol. The second-order valence-electron chi connectivity index (χ2n) is 8.73. The van der Waals surface area contributed by atoms with Crippen molar-refractivity contribution in [2.45, 2.75) is 19.0 Å². The minimum Gasteiger partial charge on any atom is -0.489 e. The molecular formula is C30H18ClF6NO. The highest BCUT2D eigenvalue weighted by Crippen LogP contribution is 2.42. The Hall–Kier alpha value is -4.04. The van der Waals surface area contributed by atoms with Gasteiger partial charge in [-0.05, 0) is 47.5 Å². The van der Waals surface area contributed by atoms with Gasteiger partial charge in [-0.15, -0.1) is 0 Å². The van der Waals surface area contributed by atoms with Crippen LogP contribution in [0.1, 0.15) is 16.7 Å². The van der Waals surface area contributed by atoms with Gasteiger partial charge in [0.25, 0.3) is 0 Å². The third-order valence-electron chi connectivity index (χ3n) is 6.18. The standard InChI is InChI=1S/C30H18ClF6NO/c31-21-12-13-25(29(32,33)34)20(14-21)17-39-22-9-4-8-19(15-22)27-23-10-5-11-26(30(35,36)37)28(23)38-16-24(27)18-6-2-1-3-7-18/h1-16H,17H2. The van der Waals surface area contributed by atoms with Gasteiger partial charge in [0.05, 0.1) is 16.6 Å². The number of rotatable bonds is 5. The van der Waals surface area contributed by atoms with E-state index in [0.29, 0.717) is 16.7 Å². The van der Waals surface area contributed by atoms with Crippen LogP contribution in [0.4, 0.5) is 26.3 Å². The zero-order valence-corrected chi connectivity index (χ0v) is 20.7. The summed E-state index contributed by atoms with van der Waals surface area (Å²) in [6.45, 7) is -0.417. The van der Waals surface area contributed by atoms with E-state index >= 15 is 0 Å². The fourth-order valence-corrected chi connectivity index (χ4v) is 4.65. The lowest BCUT2D eigenvalue weighted by Gasteiger charge is -2.17. The van der Waals surface area contributed by atoms with Crippen molar-refractivity contribution >= 4 is 22.5 Å². The molecule has 0 aliphatic rings. The van der Waals surface area contributed by atoms with Crippen molar-refractivity contribution in [3.8, 4) is 28.0 Å². The van der Waals surface area contributed by atoms with E-state index in [1.54, 1.807) is 42.5 Å². The molecule has 4 aromatic carbocycles. The lowest BCUT2D eigenvalue weighted by Crippen LogP contribution is -2.11. The lowest BCUT2D eigenvalue weighted by atomic mass is 9.91. The number of ether oxygens (including phenoxy) is 1. The van der Waals surface area contributed by atoms with Gasteiger partial charge in [-0.25, -0.2) is 0 Å². The number of fused-ring (bicyclic) bond motifs is 1. The number of alkyl halides is 6. The molecule has 39 heavy (non-hydrogen) atoms. The Balaban J connectivity index is 1.62. The maximum atomic E-state index is 13.8. The zero-order valence-electron chi connectivity index (χ0n) is 19.9. The minimum atomic E-state index is -4.61. The van der Waals surface area contributed by atoms with Crippen molar-refractivity contribution in [1.82, 2.24) is 4.98 Å². The Kier molecular flexibility index (Phi) is 6.99. The average molecular weight is 558 g/mol. The highest BCUT2D eigenvalue weighted by molar-refractivity contribution is 6.30. The van der Waals surface area contributed by atoms with Crippen LogP contribution in [0.3, 0.4) is 0 Å². The highest BCUT2D eigenvalue weighted by atomic mass is 35.5. The van der Waals surface area contributed by atoms with Crippen molar-refractivity contribution in [2.24, 2.45) is 0 Å². The van der Waals surface area contributed by atoms with Crippen LogP contribution in [0.5, 0.6) is 5.75 Å². The van der Waals surface area contributed by atoms with Crippen LogP contribution in [-0.2, 0) is 19.0 Å². The van der Waals surface area contributed by atoms with Gasteiger partial charge in [0, 0.05) is 33.3 Å². The van der Waals surface area contributed by atoms with Gasteiger partial charge in [-0.2, -0.15) is 26.3 Å². The second kappa shape index (κ2) is 10.3. The number of nitrogens with zero attached hydrogens (tertiary/aromatic N) is 1. The molecule has 1 heterocycles. The van der Waals surface area contributed by atoms with Gasteiger partial charge in [0.1, 0.15) is 12.4 Å². The first-order valence-electron chi connectivity index (χ1n) is 11.7. The number of pyridine rings is 1. The molecule has 2 nitrogen and oxygen atoms in total. The number of hydrogen-bond acceptors (Lipinski definition) is 2. The van der Waals surface area contributed by atoms with Gasteiger partial charge >= 0.3 is 12.4 Å². The first-order chi connectivity index (χ1) is 18.5. The first kappa shape index (κ1) is 26.6.